The van der Waals surface area contributed by atoms with Gasteiger partial charge in [-0.2, -0.15) is 0 Å². The van der Waals surface area contributed by atoms with Crippen molar-refractivity contribution in [2.75, 3.05) is 19.8 Å². The SMILES string of the molecule is O=C(NCC1(c2ccc3c(c2)OCCO3)CCCC1)c1cccnc1. The molecule has 130 valence electrons. The average molecular weight is 338 g/mol. The number of carbonyl (C=O) groups is 1. The lowest BCUT2D eigenvalue weighted by Crippen LogP contribution is -2.39. The molecular weight excluding hydrogens is 316 g/mol. The van der Waals surface area contributed by atoms with Crippen molar-refractivity contribution in [1.82, 2.24) is 10.3 Å². The molecule has 1 N–H and O–H groups in total. The zero-order valence-corrected chi connectivity index (χ0v) is 14.2. The lowest BCUT2D eigenvalue weighted by molar-refractivity contribution is 0.0942. The summed E-state index contributed by atoms with van der Waals surface area (Å²) >= 11 is 0. The molecule has 2 aliphatic rings. The minimum atomic E-state index is -0.0723. The Kier molecular flexibility index (Phi) is 4.30. The minimum absolute atomic E-state index is 0.0340. The summed E-state index contributed by atoms with van der Waals surface area (Å²) in [6.07, 6.45) is 7.76. The van der Waals surface area contributed by atoms with Gasteiger partial charge in [-0.15, -0.1) is 0 Å². The summed E-state index contributed by atoms with van der Waals surface area (Å²) in [5.41, 5.74) is 1.78. The number of nitrogens with one attached hydrogen (secondary N) is 1. The predicted molar refractivity (Wildman–Crippen MR) is 94.1 cm³/mol. The van der Waals surface area contributed by atoms with Crippen LogP contribution in [0.4, 0.5) is 0 Å². The minimum Gasteiger partial charge on any atom is -0.486 e. The summed E-state index contributed by atoms with van der Waals surface area (Å²) < 4.78 is 11.4. The molecule has 5 heteroatoms. The number of benzene rings is 1. The highest BCUT2D eigenvalue weighted by atomic mass is 16.6. The number of pyridine rings is 1. The molecule has 0 spiro atoms. The van der Waals surface area contributed by atoms with Gasteiger partial charge in [-0.25, -0.2) is 0 Å². The molecule has 1 amide bonds. The van der Waals surface area contributed by atoms with Gasteiger partial charge in [-0.1, -0.05) is 18.9 Å². The standard InChI is InChI=1S/C20H22N2O3/c23-19(15-4-3-9-21-13-15)22-14-20(7-1-2-8-20)16-5-6-17-18(12-16)25-11-10-24-17/h3-6,9,12-13H,1-2,7-8,10-11,14H2,(H,22,23). The fraction of sp³-hybridized carbons (Fsp3) is 0.400. The van der Waals surface area contributed by atoms with Crippen LogP contribution in [-0.4, -0.2) is 30.6 Å². The lowest BCUT2D eigenvalue weighted by atomic mass is 9.78. The fourth-order valence-corrected chi connectivity index (χ4v) is 3.84. The van der Waals surface area contributed by atoms with Crippen LogP contribution in [-0.2, 0) is 5.41 Å². The van der Waals surface area contributed by atoms with Crippen molar-refractivity contribution < 1.29 is 14.3 Å². The van der Waals surface area contributed by atoms with E-state index in [1.54, 1.807) is 24.5 Å². The molecule has 0 unspecified atom stereocenters. The predicted octanol–water partition coefficient (Wildman–Crippen LogP) is 3.09. The van der Waals surface area contributed by atoms with Gasteiger partial charge in [0.2, 0.25) is 0 Å². The summed E-state index contributed by atoms with van der Waals surface area (Å²) in [6, 6.07) is 9.77. The van der Waals surface area contributed by atoms with Crippen LogP contribution in [0.3, 0.4) is 0 Å². The van der Waals surface area contributed by atoms with Crippen molar-refractivity contribution in [2.45, 2.75) is 31.1 Å². The smallest absolute Gasteiger partial charge is 0.252 e. The van der Waals surface area contributed by atoms with Gasteiger partial charge in [-0.3, -0.25) is 9.78 Å². The van der Waals surface area contributed by atoms with E-state index < -0.39 is 0 Å². The van der Waals surface area contributed by atoms with E-state index in [-0.39, 0.29) is 11.3 Å². The van der Waals surface area contributed by atoms with E-state index in [2.05, 4.69) is 22.4 Å². The van der Waals surface area contributed by atoms with Crippen LogP contribution < -0.4 is 14.8 Å². The molecule has 1 fully saturated rings. The first-order valence-corrected chi connectivity index (χ1v) is 8.85. The maximum absolute atomic E-state index is 12.4. The molecular formula is C20H22N2O3. The highest BCUT2D eigenvalue weighted by Gasteiger charge is 2.36. The third-order valence-electron chi connectivity index (χ3n) is 5.23. The van der Waals surface area contributed by atoms with Crippen molar-refractivity contribution >= 4 is 5.91 Å². The van der Waals surface area contributed by atoms with Crippen molar-refractivity contribution in [2.24, 2.45) is 0 Å². The van der Waals surface area contributed by atoms with E-state index in [1.807, 2.05) is 6.07 Å². The summed E-state index contributed by atoms with van der Waals surface area (Å²) in [7, 11) is 0. The van der Waals surface area contributed by atoms with Crippen molar-refractivity contribution in [3.63, 3.8) is 0 Å². The Morgan fingerprint density at radius 3 is 2.68 bits per heavy atom. The Morgan fingerprint density at radius 1 is 1.12 bits per heavy atom. The number of aromatic nitrogens is 1. The third-order valence-corrected chi connectivity index (χ3v) is 5.23. The average Bonchev–Trinajstić information content (AvgIpc) is 3.16. The van der Waals surface area contributed by atoms with E-state index in [0.29, 0.717) is 25.3 Å². The monoisotopic (exact) mass is 338 g/mol. The molecule has 2 heterocycles. The Morgan fingerprint density at radius 2 is 1.92 bits per heavy atom. The lowest BCUT2D eigenvalue weighted by Gasteiger charge is -2.31. The normalized spacial score (nSPS) is 17.9. The first kappa shape index (κ1) is 15.9. The number of hydrogen-bond acceptors (Lipinski definition) is 4. The molecule has 5 nitrogen and oxygen atoms in total. The molecule has 1 aromatic carbocycles. The van der Waals surface area contributed by atoms with Crippen LogP contribution in [0.15, 0.2) is 42.7 Å². The number of fused-ring (bicyclic) bond motifs is 1. The van der Waals surface area contributed by atoms with E-state index in [4.69, 9.17) is 9.47 Å². The van der Waals surface area contributed by atoms with E-state index in [0.717, 1.165) is 24.3 Å². The van der Waals surface area contributed by atoms with Gasteiger partial charge in [0.05, 0.1) is 5.56 Å². The van der Waals surface area contributed by atoms with Crippen LogP contribution in [0.25, 0.3) is 0 Å². The summed E-state index contributed by atoms with van der Waals surface area (Å²) in [5, 5.41) is 3.11. The van der Waals surface area contributed by atoms with E-state index in [9.17, 15) is 4.79 Å². The number of nitrogens with zero attached hydrogens (tertiary/aromatic N) is 1. The second kappa shape index (κ2) is 6.75. The first-order chi connectivity index (χ1) is 12.3. The molecule has 1 aromatic heterocycles. The van der Waals surface area contributed by atoms with Crippen LogP contribution in [0.2, 0.25) is 0 Å². The third kappa shape index (κ3) is 3.18. The highest BCUT2D eigenvalue weighted by Crippen LogP contribution is 2.43. The van der Waals surface area contributed by atoms with Crippen molar-refractivity contribution in [3.8, 4) is 11.5 Å². The Labute approximate surface area is 147 Å². The molecule has 2 aromatic rings. The molecule has 0 atom stereocenters. The van der Waals surface area contributed by atoms with Gasteiger partial charge in [-0.05, 0) is 42.7 Å². The molecule has 1 aliphatic carbocycles. The largest absolute Gasteiger partial charge is 0.486 e. The molecule has 0 radical (unpaired) electrons. The summed E-state index contributed by atoms with van der Waals surface area (Å²) in [5.74, 6) is 1.55. The Balaban J connectivity index is 1.55. The number of ether oxygens (including phenoxy) is 2. The van der Waals surface area contributed by atoms with Gasteiger partial charge < -0.3 is 14.8 Å². The highest BCUT2D eigenvalue weighted by molar-refractivity contribution is 5.93. The molecule has 1 aliphatic heterocycles. The molecule has 4 rings (SSSR count). The summed E-state index contributed by atoms with van der Waals surface area (Å²) in [6.45, 7) is 1.81. The Hall–Kier alpha value is -2.56. The van der Waals surface area contributed by atoms with Gasteiger partial charge >= 0.3 is 0 Å². The number of amides is 1. The molecule has 1 saturated carbocycles. The number of carbonyl (C=O) groups excluding carboxylic acids is 1. The van der Waals surface area contributed by atoms with Crippen LogP contribution in [0.5, 0.6) is 11.5 Å². The Bertz CT molecular complexity index is 755. The second-order valence-corrected chi connectivity index (χ2v) is 6.77. The number of hydrogen-bond donors (Lipinski definition) is 1. The van der Waals surface area contributed by atoms with E-state index in [1.165, 1.54) is 18.4 Å². The zero-order valence-electron chi connectivity index (χ0n) is 14.2. The van der Waals surface area contributed by atoms with Gasteiger partial charge in [0, 0.05) is 24.4 Å². The molecule has 0 saturated heterocycles. The molecule has 0 bridgehead atoms. The van der Waals surface area contributed by atoms with E-state index >= 15 is 0 Å². The topological polar surface area (TPSA) is 60.5 Å². The fourth-order valence-electron chi connectivity index (χ4n) is 3.84. The molecule has 25 heavy (non-hydrogen) atoms. The first-order valence-electron chi connectivity index (χ1n) is 8.85. The maximum Gasteiger partial charge on any atom is 0.252 e. The quantitative estimate of drug-likeness (QED) is 0.931. The van der Waals surface area contributed by atoms with Crippen LogP contribution in [0, 0.1) is 0 Å². The van der Waals surface area contributed by atoms with Crippen LogP contribution in [0.1, 0.15) is 41.6 Å². The summed E-state index contributed by atoms with van der Waals surface area (Å²) in [4.78, 5) is 16.4. The van der Waals surface area contributed by atoms with Gasteiger partial charge in [0.25, 0.3) is 5.91 Å². The second-order valence-electron chi connectivity index (χ2n) is 6.77. The number of rotatable bonds is 4. The van der Waals surface area contributed by atoms with Crippen LogP contribution >= 0.6 is 0 Å². The maximum atomic E-state index is 12.4. The van der Waals surface area contributed by atoms with Crippen molar-refractivity contribution in [1.29, 1.82) is 0 Å². The van der Waals surface area contributed by atoms with Gasteiger partial charge in [0.15, 0.2) is 11.5 Å². The van der Waals surface area contributed by atoms with Gasteiger partial charge in [0.1, 0.15) is 13.2 Å². The zero-order chi connectivity index (χ0) is 17.1. The van der Waals surface area contributed by atoms with Crippen molar-refractivity contribution in [3.05, 3.63) is 53.9 Å².